The van der Waals surface area contributed by atoms with Crippen molar-refractivity contribution < 1.29 is 17.1 Å². The number of hydrogen-bond acceptors (Lipinski definition) is 2. The maximum absolute atomic E-state index is 8.87. The van der Waals surface area contributed by atoms with Crippen molar-refractivity contribution in [2.75, 3.05) is 0 Å². The van der Waals surface area contributed by atoms with Gasteiger partial charge in [-0.3, -0.25) is 0 Å². The van der Waals surface area contributed by atoms with Crippen molar-refractivity contribution in [3.05, 3.63) is 47.5 Å². The maximum Gasteiger partial charge on any atom is 0.0998 e. The summed E-state index contributed by atoms with van der Waals surface area (Å²) in [6.45, 7) is 0. The Kier molecular flexibility index (Phi) is 3.47. The molecule has 0 N–H and O–H groups in total. The predicted molar refractivity (Wildman–Crippen MR) is 53.4 cm³/mol. The number of benzene rings is 2. The summed E-state index contributed by atoms with van der Waals surface area (Å²) >= 11 is 0. The Morgan fingerprint density at radius 2 is 1.13 bits per heavy atom. The van der Waals surface area contributed by atoms with Crippen LogP contribution in [-0.4, -0.2) is 0 Å². The summed E-state index contributed by atoms with van der Waals surface area (Å²) in [7, 11) is 0. The van der Waals surface area contributed by atoms with E-state index in [4.69, 9.17) is 10.5 Å². The zero-order chi connectivity index (χ0) is 9.97. The van der Waals surface area contributed by atoms with Crippen molar-refractivity contribution in [2.45, 2.75) is 0 Å². The molecule has 75 valence electrons. The molecule has 2 rings (SSSR count). The second kappa shape index (κ2) is 4.62. The third-order valence-electron chi connectivity index (χ3n) is 2.16. The van der Waals surface area contributed by atoms with Gasteiger partial charge in [0.2, 0.25) is 0 Å². The van der Waals surface area contributed by atoms with Gasteiger partial charge in [-0.05, 0) is 12.1 Å². The average molecular weight is 242 g/mol. The Morgan fingerprint density at radius 1 is 0.733 bits per heavy atom. The Bertz CT molecular complexity index is 524. The molecule has 0 aliphatic rings. The summed E-state index contributed by atoms with van der Waals surface area (Å²) in [5.74, 6) is 0. The molecule has 0 amide bonds. The maximum atomic E-state index is 8.87. The molecule has 2 aromatic carbocycles. The SMILES string of the molecule is N#Cc1ccc(C#N)c2ccccc12.[Cu]. The fourth-order valence-corrected chi connectivity index (χ4v) is 1.49. The van der Waals surface area contributed by atoms with Gasteiger partial charge in [0.05, 0.1) is 23.3 Å². The second-order valence-electron chi connectivity index (χ2n) is 2.93. The summed E-state index contributed by atoms with van der Waals surface area (Å²) in [6, 6.07) is 15.0. The molecular weight excluding hydrogens is 236 g/mol. The van der Waals surface area contributed by atoms with E-state index in [1.54, 1.807) is 12.1 Å². The number of hydrogen-bond donors (Lipinski definition) is 0. The average Bonchev–Trinajstić information content (AvgIpc) is 2.27. The molecule has 15 heavy (non-hydrogen) atoms. The van der Waals surface area contributed by atoms with E-state index in [1.807, 2.05) is 24.3 Å². The molecule has 0 heterocycles. The van der Waals surface area contributed by atoms with Crippen LogP contribution in [0.5, 0.6) is 0 Å². The number of nitriles is 2. The molecule has 0 saturated carbocycles. The zero-order valence-corrected chi connectivity index (χ0v) is 8.60. The minimum absolute atomic E-state index is 0. The van der Waals surface area contributed by atoms with Crippen molar-refractivity contribution >= 4 is 10.8 Å². The second-order valence-corrected chi connectivity index (χ2v) is 2.93. The van der Waals surface area contributed by atoms with E-state index < -0.39 is 0 Å². The van der Waals surface area contributed by atoms with Crippen molar-refractivity contribution in [1.29, 1.82) is 10.5 Å². The fraction of sp³-hybridized carbons (Fsp3) is 0. The summed E-state index contributed by atoms with van der Waals surface area (Å²) in [5, 5.41) is 19.4. The van der Waals surface area contributed by atoms with E-state index in [2.05, 4.69) is 12.1 Å². The van der Waals surface area contributed by atoms with Gasteiger partial charge in [-0.15, -0.1) is 0 Å². The van der Waals surface area contributed by atoms with Gasteiger partial charge in [0.15, 0.2) is 0 Å². The van der Waals surface area contributed by atoms with E-state index in [9.17, 15) is 0 Å². The number of nitrogens with zero attached hydrogens (tertiary/aromatic N) is 2. The van der Waals surface area contributed by atoms with E-state index in [1.165, 1.54) is 0 Å². The Balaban J connectivity index is 0.00000112. The van der Waals surface area contributed by atoms with Crippen LogP contribution in [0.2, 0.25) is 0 Å². The minimum Gasteiger partial charge on any atom is -0.192 e. The summed E-state index contributed by atoms with van der Waals surface area (Å²) in [4.78, 5) is 0. The first-order valence-corrected chi connectivity index (χ1v) is 4.19. The third-order valence-corrected chi connectivity index (χ3v) is 2.16. The molecule has 2 nitrogen and oxygen atoms in total. The molecule has 1 radical (unpaired) electrons. The largest absolute Gasteiger partial charge is 0.192 e. The first-order chi connectivity index (χ1) is 6.86. The van der Waals surface area contributed by atoms with Gasteiger partial charge >= 0.3 is 0 Å². The van der Waals surface area contributed by atoms with Crippen LogP contribution in [0.4, 0.5) is 0 Å². The van der Waals surface area contributed by atoms with E-state index in [-0.39, 0.29) is 17.1 Å². The Labute approximate surface area is 98.2 Å². The van der Waals surface area contributed by atoms with E-state index >= 15 is 0 Å². The van der Waals surface area contributed by atoms with E-state index in [0.29, 0.717) is 11.1 Å². The molecule has 0 fully saturated rings. The van der Waals surface area contributed by atoms with Gasteiger partial charge in [0, 0.05) is 27.8 Å². The van der Waals surface area contributed by atoms with Gasteiger partial charge in [-0.25, -0.2) is 0 Å². The molecule has 3 heteroatoms. The van der Waals surface area contributed by atoms with Crippen molar-refractivity contribution in [3.63, 3.8) is 0 Å². The molecule has 0 unspecified atom stereocenters. The van der Waals surface area contributed by atoms with Crippen molar-refractivity contribution in [1.82, 2.24) is 0 Å². The van der Waals surface area contributed by atoms with Crippen LogP contribution in [0.1, 0.15) is 11.1 Å². The third kappa shape index (κ3) is 1.85. The first-order valence-electron chi connectivity index (χ1n) is 4.19. The molecule has 0 aliphatic carbocycles. The van der Waals surface area contributed by atoms with Crippen LogP contribution in [0.25, 0.3) is 10.8 Å². The van der Waals surface area contributed by atoms with Crippen molar-refractivity contribution in [2.24, 2.45) is 0 Å². The van der Waals surface area contributed by atoms with Gasteiger partial charge in [0.25, 0.3) is 0 Å². The molecule has 0 spiro atoms. The summed E-state index contributed by atoms with van der Waals surface area (Å²) in [5.41, 5.74) is 1.22. The van der Waals surface area contributed by atoms with Crippen LogP contribution in [0, 0.1) is 22.7 Å². The Hall–Kier alpha value is -1.80. The molecule has 0 aromatic heterocycles. The molecule has 0 saturated heterocycles. The van der Waals surface area contributed by atoms with Gasteiger partial charge in [-0.2, -0.15) is 10.5 Å². The fourth-order valence-electron chi connectivity index (χ4n) is 1.49. The van der Waals surface area contributed by atoms with Crippen LogP contribution in [0.15, 0.2) is 36.4 Å². The minimum atomic E-state index is 0. The van der Waals surface area contributed by atoms with Crippen LogP contribution in [0.3, 0.4) is 0 Å². The Morgan fingerprint density at radius 3 is 1.47 bits per heavy atom. The van der Waals surface area contributed by atoms with Gasteiger partial charge in [0.1, 0.15) is 0 Å². The summed E-state index contributed by atoms with van der Waals surface area (Å²) in [6.07, 6.45) is 0. The number of fused-ring (bicyclic) bond motifs is 1. The first kappa shape index (κ1) is 11.3. The van der Waals surface area contributed by atoms with Crippen LogP contribution < -0.4 is 0 Å². The molecule has 0 bridgehead atoms. The standard InChI is InChI=1S/C12H6N2.Cu/c13-7-9-5-6-10(8-14)12-4-2-1-3-11(9)12;/h1-6H;. The van der Waals surface area contributed by atoms with Gasteiger partial charge < -0.3 is 0 Å². The van der Waals surface area contributed by atoms with Crippen LogP contribution >= 0.6 is 0 Å². The molecule has 0 atom stereocenters. The molecule has 2 aromatic rings. The quantitative estimate of drug-likeness (QED) is 0.666. The smallest absolute Gasteiger partial charge is 0.0998 e. The molecular formula is C12H6CuN2. The van der Waals surface area contributed by atoms with Crippen molar-refractivity contribution in [3.8, 4) is 12.1 Å². The predicted octanol–water partition coefficient (Wildman–Crippen LogP) is 2.58. The summed E-state index contributed by atoms with van der Waals surface area (Å²) < 4.78 is 0. The monoisotopic (exact) mass is 241 g/mol. The molecule has 0 aliphatic heterocycles. The van der Waals surface area contributed by atoms with Gasteiger partial charge in [-0.1, -0.05) is 24.3 Å². The van der Waals surface area contributed by atoms with E-state index in [0.717, 1.165) is 10.8 Å². The topological polar surface area (TPSA) is 47.6 Å². The normalized spacial score (nSPS) is 8.67. The van der Waals surface area contributed by atoms with Crippen LogP contribution in [-0.2, 0) is 17.1 Å². The zero-order valence-electron chi connectivity index (χ0n) is 7.66. The number of rotatable bonds is 0.